The normalized spacial score (nSPS) is 22.3. The highest BCUT2D eigenvalue weighted by Gasteiger charge is 2.22. The maximum absolute atomic E-state index is 8.74. The highest BCUT2D eigenvalue weighted by molar-refractivity contribution is 7.79. The van der Waals surface area contributed by atoms with Crippen LogP contribution in [0, 0.1) is 0 Å². The van der Waals surface area contributed by atoms with Crippen LogP contribution >= 0.6 is 0 Å². The summed E-state index contributed by atoms with van der Waals surface area (Å²) in [7, 11) is -0.296. The van der Waals surface area contributed by atoms with Gasteiger partial charge in [0.1, 0.15) is 0 Å². The lowest BCUT2D eigenvalue weighted by Gasteiger charge is -2.18. The minimum atomic E-state index is -4.67. The van der Waals surface area contributed by atoms with Gasteiger partial charge >= 0.3 is 10.4 Å². The van der Waals surface area contributed by atoms with Crippen molar-refractivity contribution in [1.29, 1.82) is 0 Å². The molecular formula is C20H30N4O4S. The highest BCUT2D eigenvalue weighted by Crippen LogP contribution is 2.30. The van der Waals surface area contributed by atoms with E-state index in [0.29, 0.717) is 12.1 Å². The molecule has 0 saturated carbocycles. The summed E-state index contributed by atoms with van der Waals surface area (Å²) in [6, 6.07) is 9.58. The highest BCUT2D eigenvalue weighted by atomic mass is 32.3. The van der Waals surface area contributed by atoms with Crippen molar-refractivity contribution in [2.45, 2.75) is 37.8 Å². The van der Waals surface area contributed by atoms with Gasteiger partial charge in [-0.1, -0.05) is 12.1 Å². The zero-order valence-electron chi connectivity index (χ0n) is 16.9. The van der Waals surface area contributed by atoms with E-state index in [0.717, 1.165) is 0 Å². The smallest absolute Gasteiger partial charge is 0.299 e. The van der Waals surface area contributed by atoms with Crippen LogP contribution in [0.2, 0.25) is 0 Å². The number of nitrogens with zero attached hydrogens (tertiary/aromatic N) is 4. The van der Waals surface area contributed by atoms with Crippen molar-refractivity contribution in [2.24, 2.45) is 0 Å². The van der Waals surface area contributed by atoms with Crippen LogP contribution in [0.25, 0.3) is 0 Å². The summed E-state index contributed by atoms with van der Waals surface area (Å²) >= 11 is 0. The molecule has 2 fully saturated rings. The molecule has 2 aromatic rings. The molecule has 4 heterocycles. The Morgan fingerprint density at radius 1 is 0.862 bits per heavy atom. The van der Waals surface area contributed by atoms with Crippen molar-refractivity contribution >= 4 is 10.4 Å². The van der Waals surface area contributed by atoms with Crippen LogP contribution in [-0.4, -0.2) is 64.5 Å². The second-order valence-corrected chi connectivity index (χ2v) is 8.19. The zero-order chi connectivity index (χ0) is 21.3. The van der Waals surface area contributed by atoms with Gasteiger partial charge in [-0.15, -0.1) is 0 Å². The second kappa shape index (κ2) is 11.3. The third kappa shape index (κ3) is 8.55. The third-order valence-corrected chi connectivity index (χ3v) is 5.18. The molecular weight excluding hydrogens is 392 g/mol. The standard InChI is InChI=1S/2C10H14N2.H2O4S/c2*1-12-7-3-5-10(12)9-4-2-6-11-8-9;1-5(2,3)4/h2*2,4,6,8,10H,3,5,7H2,1H3;(H2,1,2,3,4)/t2*10-;/m00./s1. The Bertz CT molecular complexity index is 757. The molecule has 0 unspecified atom stereocenters. The van der Waals surface area contributed by atoms with Crippen molar-refractivity contribution in [3.05, 3.63) is 60.2 Å². The van der Waals surface area contributed by atoms with E-state index in [1.54, 1.807) is 0 Å². The molecule has 29 heavy (non-hydrogen) atoms. The average molecular weight is 423 g/mol. The van der Waals surface area contributed by atoms with Gasteiger partial charge in [0, 0.05) is 36.9 Å². The SMILES string of the molecule is CN1CCC[C@H]1c1cccnc1.CN1CCC[C@H]1c1cccnc1.O=S(=O)(O)O. The molecule has 2 aliphatic heterocycles. The maximum Gasteiger partial charge on any atom is 0.394 e. The Morgan fingerprint density at radius 3 is 1.48 bits per heavy atom. The molecule has 4 rings (SSSR count). The Morgan fingerprint density at radius 2 is 1.24 bits per heavy atom. The van der Waals surface area contributed by atoms with Crippen molar-refractivity contribution in [3.63, 3.8) is 0 Å². The fraction of sp³-hybridized carbons (Fsp3) is 0.500. The van der Waals surface area contributed by atoms with E-state index in [9.17, 15) is 0 Å². The van der Waals surface area contributed by atoms with Gasteiger partial charge in [0.15, 0.2) is 0 Å². The van der Waals surface area contributed by atoms with Crippen LogP contribution in [0.1, 0.15) is 48.9 Å². The van der Waals surface area contributed by atoms with Crippen LogP contribution in [0.15, 0.2) is 49.1 Å². The summed E-state index contributed by atoms with van der Waals surface area (Å²) in [5.74, 6) is 0. The Kier molecular flexibility index (Phi) is 9.12. The molecule has 2 saturated heterocycles. The van der Waals surface area contributed by atoms with Crippen molar-refractivity contribution in [3.8, 4) is 0 Å². The number of likely N-dealkylation sites (tertiary alicyclic amines) is 2. The van der Waals surface area contributed by atoms with Crippen LogP contribution in [0.3, 0.4) is 0 Å². The quantitative estimate of drug-likeness (QED) is 0.711. The summed E-state index contributed by atoms with van der Waals surface area (Å²) in [5, 5.41) is 0. The summed E-state index contributed by atoms with van der Waals surface area (Å²) in [6.07, 6.45) is 12.8. The first-order chi connectivity index (χ1) is 13.8. The molecule has 2 atom stereocenters. The van der Waals surface area contributed by atoms with Crippen molar-refractivity contribution in [1.82, 2.24) is 19.8 Å². The minimum absolute atomic E-state index is 0.610. The predicted octanol–water partition coefficient (Wildman–Crippen LogP) is 3.04. The molecule has 2 N–H and O–H groups in total. The maximum atomic E-state index is 8.74. The number of rotatable bonds is 2. The molecule has 0 aliphatic carbocycles. The predicted molar refractivity (Wildman–Crippen MR) is 112 cm³/mol. The Labute approximate surface area is 173 Å². The fourth-order valence-corrected chi connectivity index (χ4v) is 3.81. The lowest BCUT2D eigenvalue weighted by atomic mass is 10.1. The van der Waals surface area contributed by atoms with Gasteiger partial charge in [0.05, 0.1) is 0 Å². The number of aromatic nitrogens is 2. The second-order valence-electron chi connectivity index (χ2n) is 7.30. The van der Waals surface area contributed by atoms with E-state index in [1.807, 2.05) is 36.9 Å². The van der Waals surface area contributed by atoms with Gasteiger partial charge in [0.2, 0.25) is 0 Å². The molecule has 2 aromatic heterocycles. The number of hydrogen-bond donors (Lipinski definition) is 2. The molecule has 8 nitrogen and oxygen atoms in total. The first-order valence-electron chi connectivity index (χ1n) is 9.66. The largest absolute Gasteiger partial charge is 0.394 e. The summed E-state index contributed by atoms with van der Waals surface area (Å²) < 4.78 is 31.6. The molecule has 0 amide bonds. The lowest BCUT2D eigenvalue weighted by Crippen LogP contribution is -2.17. The average Bonchev–Trinajstić information content (AvgIpc) is 3.30. The molecule has 0 bridgehead atoms. The van der Waals surface area contributed by atoms with E-state index >= 15 is 0 Å². The molecule has 9 heteroatoms. The first-order valence-corrected chi connectivity index (χ1v) is 11.1. The van der Waals surface area contributed by atoms with E-state index in [2.05, 4.69) is 46.0 Å². The Balaban J connectivity index is 0.000000170. The van der Waals surface area contributed by atoms with Gasteiger partial charge < -0.3 is 0 Å². The lowest BCUT2D eigenvalue weighted by molar-refractivity contribution is 0.317. The van der Waals surface area contributed by atoms with Crippen molar-refractivity contribution < 1.29 is 17.5 Å². The van der Waals surface area contributed by atoms with E-state index in [-0.39, 0.29) is 0 Å². The number of pyridine rings is 2. The molecule has 0 radical (unpaired) electrons. The van der Waals surface area contributed by atoms with Crippen LogP contribution in [-0.2, 0) is 10.4 Å². The van der Waals surface area contributed by atoms with E-state index in [1.165, 1.54) is 49.9 Å². The van der Waals surface area contributed by atoms with Gasteiger partial charge in [0.25, 0.3) is 0 Å². The third-order valence-electron chi connectivity index (χ3n) is 5.18. The summed E-state index contributed by atoms with van der Waals surface area (Å²) in [6.45, 7) is 2.44. The van der Waals surface area contributed by atoms with Crippen LogP contribution in [0.4, 0.5) is 0 Å². The van der Waals surface area contributed by atoms with Gasteiger partial charge in [-0.3, -0.25) is 28.9 Å². The molecule has 2 aliphatic rings. The summed E-state index contributed by atoms with van der Waals surface area (Å²) in [4.78, 5) is 13.1. The minimum Gasteiger partial charge on any atom is -0.299 e. The first kappa shape index (κ1) is 23.4. The Hall–Kier alpha value is -1.91. The van der Waals surface area contributed by atoms with Gasteiger partial charge in [-0.05, 0) is 76.1 Å². The summed E-state index contributed by atoms with van der Waals surface area (Å²) in [5.41, 5.74) is 2.72. The zero-order valence-corrected chi connectivity index (χ0v) is 17.7. The molecule has 0 spiro atoms. The van der Waals surface area contributed by atoms with E-state index < -0.39 is 10.4 Å². The topological polar surface area (TPSA) is 107 Å². The number of hydrogen-bond acceptors (Lipinski definition) is 6. The van der Waals surface area contributed by atoms with E-state index in [4.69, 9.17) is 17.5 Å². The fourth-order valence-electron chi connectivity index (χ4n) is 3.81. The van der Waals surface area contributed by atoms with Crippen molar-refractivity contribution in [2.75, 3.05) is 27.2 Å². The van der Waals surface area contributed by atoms with Crippen LogP contribution < -0.4 is 0 Å². The van der Waals surface area contributed by atoms with Gasteiger partial charge in [-0.25, -0.2) is 0 Å². The van der Waals surface area contributed by atoms with Gasteiger partial charge in [-0.2, -0.15) is 8.42 Å². The molecule has 0 aromatic carbocycles. The molecule has 160 valence electrons. The monoisotopic (exact) mass is 422 g/mol. The van der Waals surface area contributed by atoms with Crippen LogP contribution in [0.5, 0.6) is 0 Å².